The number of pyridine rings is 1. The van der Waals surface area contributed by atoms with Gasteiger partial charge in [-0.25, -0.2) is 4.79 Å². The number of nitrogens with zero attached hydrogens (tertiary/aromatic N) is 2. The van der Waals surface area contributed by atoms with E-state index in [1.807, 2.05) is 33.0 Å². The Hall–Kier alpha value is -2.14. The number of aromatic nitrogens is 1. The van der Waals surface area contributed by atoms with Crippen LogP contribution in [0.25, 0.3) is 10.8 Å². The summed E-state index contributed by atoms with van der Waals surface area (Å²) in [7, 11) is 0. The van der Waals surface area contributed by atoms with Crippen molar-refractivity contribution in [3.05, 3.63) is 42.2 Å². The van der Waals surface area contributed by atoms with Crippen LogP contribution in [0.2, 0.25) is 0 Å². The molecule has 1 radical (unpaired) electrons. The number of carbonyl (C=O) groups excluding carboxylic acids is 1. The molecule has 3 rings (SSSR count). The van der Waals surface area contributed by atoms with Crippen LogP contribution in [0, 0.1) is 6.20 Å². The van der Waals surface area contributed by atoms with Crippen molar-refractivity contribution in [3.63, 3.8) is 0 Å². The lowest BCUT2D eigenvalue weighted by molar-refractivity contribution is 0.0477. The van der Waals surface area contributed by atoms with Crippen molar-refractivity contribution in [2.75, 3.05) is 13.1 Å². The van der Waals surface area contributed by atoms with Gasteiger partial charge >= 0.3 is 6.09 Å². The average molecular weight is 340 g/mol. The molecular weight excluding hydrogens is 314 g/mol. The lowest BCUT2D eigenvalue weighted by Gasteiger charge is -2.32. The first-order valence-corrected chi connectivity index (χ1v) is 8.87. The SMILES string of the molecule is CC(C)(C)OC(=O)NC1CCN(Cc2[c]ncc3ccccc23)CC1. The second-order valence-electron chi connectivity index (χ2n) is 7.63. The second-order valence-corrected chi connectivity index (χ2v) is 7.63. The normalized spacial score (nSPS) is 16.8. The highest BCUT2D eigenvalue weighted by molar-refractivity contribution is 5.84. The number of fused-ring (bicyclic) bond motifs is 1. The maximum absolute atomic E-state index is 11.9. The maximum atomic E-state index is 11.9. The minimum Gasteiger partial charge on any atom is -0.444 e. The minimum atomic E-state index is -0.456. The lowest BCUT2D eigenvalue weighted by atomic mass is 10.0. The molecule has 5 heteroatoms. The summed E-state index contributed by atoms with van der Waals surface area (Å²) in [6, 6.07) is 8.47. The number of ether oxygens (including phenoxy) is 1. The van der Waals surface area contributed by atoms with E-state index >= 15 is 0 Å². The highest BCUT2D eigenvalue weighted by Crippen LogP contribution is 2.20. The van der Waals surface area contributed by atoms with Gasteiger partial charge in [-0.05, 0) is 39.0 Å². The summed E-state index contributed by atoms with van der Waals surface area (Å²) < 4.78 is 5.33. The molecular formula is C20H26N3O2. The van der Waals surface area contributed by atoms with Crippen LogP contribution in [-0.2, 0) is 11.3 Å². The van der Waals surface area contributed by atoms with Gasteiger partial charge in [0.15, 0.2) is 0 Å². The van der Waals surface area contributed by atoms with Crippen LogP contribution in [0.4, 0.5) is 4.79 Å². The molecule has 0 aliphatic carbocycles. The highest BCUT2D eigenvalue weighted by Gasteiger charge is 2.23. The Morgan fingerprint density at radius 2 is 2.04 bits per heavy atom. The molecule has 25 heavy (non-hydrogen) atoms. The van der Waals surface area contributed by atoms with Gasteiger partial charge in [0.05, 0.1) is 6.20 Å². The summed E-state index contributed by atoms with van der Waals surface area (Å²) in [4.78, 5) is 18.5. The Labute approximate surface area is 149 Å². The molecule has 0 atom stereocenters. The molecule has 1 aromatic heterocycles. The van der Waals surface area contributed by atoms with Crippen molar-refractivity contribution in [1.29, 1.82) is 0 Å². The molecule has 133 valence electrons. The Kier molecular flexibility index (Phi) is 5.23. The van der Waals surface area contributed by atoms with Gasteiger partial charge in [-0.15, -0.1) is 0 Å². The first-order chi connectivity index (χ1) is 11.9. The van der Waals surface area contributed by atoms with E-state index in [1.54, 1.807) is 0 Å². The van der Waals surface area contributed by atoms with Crippen LogP contribution >= 0.6 is 0 Å². The van der Waals surface area contributed by atoms with Crippen molar-refractivity contribution < 1.29 is 9.53 Å². The van der Waals surface area contributed by atoms with Gasteiger partial charge in [0, 0.05) is 42.8 Å². The van der Waals surface area contributed by atoms with Gasteiger partial charge in [0.25, 0.3) is 0 Å². The molecule has 0 unspecified atom stereocenters. The topological polar surface area (TPSA) is 54.5 Å². The molecule has 1 fully saturated rings. The average Bonchev–Trinajstić information content (AvgIpc) is 2.55. The fourth-order valence-electron chi connectivity index (χ4n) is 3.18. The van der Waals surface area contributed by atoms with E-state index in [1.165, 1.54) is 5.39 Å². The fraction of sp³-hybridized carbons (Fsp3) is 0.500. The smallest absolute Gasteiger partial charge is 0.407 e. The molecule has 1 aromatic carbocycles. The number of hydrogen-bond acceptors (Lipinski definition) is 4. The van der Waals surface area contributed by atoms with E-state index in [-0.39, 0.29) is 12.1 Å². The maximum Gasteiger partial charge on any atom is 0.407 e. The van der Waals surface area contributed by atoms with Crippen LogP contribution in [0.1, 0.15) is 39.2 Å². The number of benzene rings is 1. The van der Waals surface area contributed by atoms with E-state index in [0.717, 1.165) is 43.4 Å². The van der Waals surface area contributed by atoms with Gasteiger partial charge in [-0.3, -0.25) is 9.88 Å². The Bertz CT molecular complexity index is 726. The Morgan fingerprint density at radius 3 is 2.76 bits per heavy atom. The van der Waals surface area contributed by atoms with Crippen molar-refractivity contribution in [2.24, 2.45) is 0 Å². The van der Waals surface area contributed by atoms with Crippen molar-refractivity contribution in [3.8, 4) is 0 Å². The van der Waals surface area contributed by atoms with Crippen molar-refractivity contribution in [1.82, 2.24) is 15.2 Å². The third-order valence-electron chi connectivity index (χ3n) is 4.38. The van der Waals surface area contributed by atoms with E-state index in [4.69, 9.17) is 4.74 Å². The van der Waals surface area contributed by atoms with Gasteiger partial charge in [0.1, 0.15) is 5.60 Å². The van der Waals surface area contributed by atoms with Gasteiger partial charge < -0.3 is 10.1 Å². The molecule has 1 saturated heterocycles. The van der Waals surface area contributed by atoms with Gasteiger partial charge in [-0.1, -0.05) is 24.3 Å². The standard InChI is InChI=1S/C20H26N3O2/c1-20(2,3)25-19(24)22-17-8-10-23(11-9-17)14-16-13-21-12-15-6-4-5-7-18(15)16/h4-7,12,17H,8-11,14H2,1-3H3,(H,22,24). The summed E-state index contributed by atoms with van der Waals surface area (Å²) in [6.45, 7) is 8.36. The van der Waals surface area contributed by atoms with Gasteiger partial charge in [0.2, 0.25) is 0 Å². The fourth-order valence-corrected chi connectivity index (χ4v) is 3.18. The third-order valence-corrected chi connectivity index (χ3v) is 4.38. The van der Waals surface area contributed by atoms with E-state index in [0.29, 0.717) is 0 Å². The summed E-state index contributed by atoms with van der Waals surface area (Å²) in [5.74, 6) is 0. The number of hydrogen-bond donors (Lipinski definition) is 1. The molecule has 1 N–H and O–H groups in total. The predicted octanol–water partition coefficient (Wildman–Crippen LogP) is 3.52. The first kappa shape index (κ1) is 17.7. The Morgan fingerprint density at radius 1 is 1.32 bits per heavy atom. The second kappa shape index (κ2) is 7.40. The third kappa shape index (κ3) is 4.92. The monoisotopic (exact) mass is 340 g/mol. The molecule has 0 bridgehead atoms. The van der Waals surface area contributed by atoms with E-state index in [2.05, 4.69) is 39.6 Å². The van der Waals surface area contributed by atoms with E-state index < -0.39 is 5.60 Å². The quantitative estimate of drug-likeness (QED) is 0.929. The van der Waals surface area contributed by atoms with Crippen LogP contribution in [0.5, 0.6) is 0 Å². The zero-order valence-electron chi connectivity index (χ0n) is 15.2. The summed E-state index contributed by atoms with van der Waals surface area (Å²) in [6.07, 6.45) is 6.54. The zero-order chi connectivity index (χ0) is 17.9. The number of rotatable bonds is 3. The number of nitrogens with one attached hydrogen (secondary N) is 1. The molecule has 1 aliphatic heterocycles. The number of piperidine rings is 1. The Balaban J connectivity index is 1.53. The van der Waals surface area contributed by atoms with Crippen LogP contribution in [0.15, 0.2) is 30.5 Å². The molecule has 2 aromatic rings. The highest BCUT2D eigenvalue weighted by atomic mass is 16.6. The molecule has 5 nitrogen and oxygen atoms in total. The zero-order valence-corrected chi connectivity index (χ0v) is 15.2. The van der Waals surface area contributed by atoms with Crippen LogP contribution in [-0.4, -0.2) is 40.7 Å². The number of carbonyl (C=O) groups is 1. The van der Waals surface area contributed by atoms with Gasteiger partial charge in [-0.2, -0.15) is 0 Å². The molecule has 2 heterocycles. The lowest BCUT2D eigenvalue weighted by Crippen LogP contribution is -2.45. The molecule has 1 amide bonds. The molecule has 0 spiro atoms. The summed E-state index contributed by atoms with van der Waals surface area (Å²) in [5, 5.41) is 5.35. The molecule has 0 saturated carbocycles. The van der Waals surface area contributed by atoms with Crippen LogP contribution in [0.3, 0.4) is 0 Å². The molecule has 1 aliphatic rings. The first-order valence-electron chi connectivity index (χ1n) is 8.87. The summed E-state index contributed by atoms with van der Waals surface area (Å²) in [5.41, 5.74) is 0.679. The summed E-state index contributed by atoms with van der Waals surface area (Å²) >= 11 is 0. The number of likely N-dealkylation sites (tertiary alicyclic amines) is 1. The number of alkyl carbamates (subject to hydrolysis) is 1. The van der Waals surface area contributed by atoms with E-state index in [9.17, 15) is 4.79 Å². The van der Waals surface area contributed by atoms with Crippen molar-refractivity contribution >= 4 is 16.9 Å². The van der Waals surface area contributed by atoms with Crippen LogP contribution < -0.4 is 5.32 Å². The predicted molar refractivity (Wildman–Crippen MR) is 98.2 cm³/mol. The number of amides is 1. The minimum absolute atomic E-state index is 0.181. The largest absolute Gasteiger partial charge is 0.444 e. The van der Waals surface area contributed by atoms with Crippen molar-refractivity contribution in [2.45, 2.75) is 51.8 Å².